The van der Waals surface area contributed by atoms with Crippen LogP contribution in [0.2, 0.25) is 0 Å². The number of fused-ring (bicyclic) bond motifs is 1. The van der Waals surface area contributed by atoms with Crippen molar-refractivity contribution in [2.75, 3.05) is 0 Å². The number of benzene rings is 1. The number of rotatable bonds is 4. The second-order valence-corrected chi connectivity index (χ2v) is 4.90. The molecule has 23 heavy (non-hydrogen) atoms. The standard InChI is InChI=1S/C15H12N6O2/c22-15(9-3-4-10-11(6-9)18-8-17-10)16-7-13-19-14(21-20-13)12-2-1-5-23-12/h1-6,8H,7H2,(H,16,22)(H,17,18)(H,19,20,21). The van der Waals surface area contributed by atoms with Gasteiger partial charge in [-0.15, -0.1) is 5.10 Å². The molecule has 114 valence electrons. The maximum atomic E-state index is 12.2. The first-order valence-corrected chi connectivity index (χ1v) is 6.96. The number of aromatic amines is 2. The molecule has 0 unspecified atom stereocenters. The van der Waals surface area contributed by atoms with E-state index < -0.39 is 0 Å². The molecule has 0 spiro atoms. The number of hydrogen-bond donors (Lipinski definition) is 3. The van der Waals surface area contributed by atoms with E-state index in [0.29, 0.717) is 23.0 Å². The minimum absolute atomic E-state index is 0.197. The van der Waals surface area contributed by atoms with Crippen LogP contribution in [-0.2, 0) is 6.54 Å². The Morgan fingerprint density at radius 1 is 1.30 bits per heavy atom. The molecule has 1 amide bonds. The number of amides is 1. The minimum atomic E-state index is -0.197. The summed E-state index contributed by atoms with van der Waals surface area (Å²) in [4.78, 5) is 23.6. The molecule has 3 heterocycles. The average molecular weight is 308 g/mol. The fourth-order valence-corrected chi connectivity index (χ4v) is 2.23. The summed E-state index contributed by atoms with van der Waals surface area (Å²) in [5.41, 5.74) is 2.19. The number of furan rings is 1. The van der Waals surface area contributed by atoms with Crippen LogP contribution in [0.15, 0.2) is 47.3 Å². The Bertz CT molecular complexity index is 953. The number of nitrogens with one attached hydrogen (secondary N) is 3. The third-order valence-corrected chi connectivity index (χ3v) is 3.37. The van der Waals surface area contributed by atoms with E-state index in [1.807, 2.05) is 0 Å². The van der Waals surface area contributed by atoms with Gasteiger partial charge in [0.25, 0.3) is 5.91 Å². The van der Waals surface area contributed by atoms with Crippen molar-refractivity contribution in [3.8, 4) is 11.6 Å². The lowest BCUT2D eigenvalue weighted by Gasteiger charge is -2.03. The first kappa shape index (κ1) is 13.3. The topological polar surface area (TPSA) is 112 Å². The molecule has 0 saturated heterocycles. The van der Waals surface area contributed by atoms with Crippen molar-refractivity contribution in [3.63, 3.8) is 0 Å². The number of nitrogens with zero attached hydrogens (tertiary/aromatic N) is 3. The van der Waals surface area contributed by atoms with Crippen LogP contribution in [0.4, 0.5) is 0 Å². The molecular formula is C15H12N6O2. The summed E-state index contributed by atoms with van der Waals surface area (Å²) in [6.45, 7) is 0.244. The maximum Gasteiger partial charge on any atom is 0.251 e. The smallest absolute Gasteiger partial charge is 0.251 e. The maximum absolute atomic E-state index is 12.2. The molecule has 0 aliphatic rings. The highest BCUT2D eigenvalue weighted by Gasteiger charge is 2.11. The van der Waals surface area contributed by atoms with Crippen molar-refractivity contribution in [2.24, 2.45) is 0 Å². The molecule has 0 aliphatic heterocycles. The largest absolute Gasteiger partial charge is 0.461 e. The number of carbonyl (C=O) groups is 1. The first-order chi connectivity index (χ1) is 11.3. The van der Waals surface area contributed by atoms with Crippen molar-refractivity contribution >= 4 is 16.9 Å². The van der Waals surface area contributed by atoms with Gasteiger partial charge in [0.15, 0.2) is 5.76 Å². The molecule has 3 N–H and O–H groups in total. The summed E-state index contributed by atoms with van der Waals surface area (Å²) in [6.07, 6.45) is 3.15. The molecule has 4 rings (SSSR count). The van der Waals surface area contributed by atoms with Crippen molar-refractivity contribution in [2.45, 2.75) is 6.54 Å². The summed E-state index contributed by atoms with van der Waals surface area (Å²) < 4.78 is 5.22. The Morgan fingerprint density at radius 3 is 3.13 bits per heavy atom. The number of hydrogen-bond acceptors (Lipinski definition) is 5. The lowest BCUT2D eigenvalue weighted by molar-refractivity contribution is 0.0950. The van der Waals surface area contributed by atoms with Gasteiger partial charge in [-0.3, -0.25) is 9.89 Å². The molecule has 3 aromatic heterocycles. The zero-order valence-electron chi connectivity index (χ0n) is 11.9. The SMILES string of the molecule is O=C(NCc1nc(-c2ccco2)n[nH]1)c1ccc2nc[nH]c2c1. The Morgan fingerprint density at radius 2 is 2.26 bits per heavy atom. The lowest BCUT2D eigenvalue weighted by atomic mass is 10.2. The molecular weight excluding hydrogens is 296 g/mol. The average Bonchev–Trinajstić information content (AvgIpc) is 3.32. The zero-order valence-corrected chi connectivity index (χ0v) is 11.9. The van der Waals surface area contributed by atoms with E-state index in [2.05, 4.69) is 30.5 Å². The Kier molecular flexibility index (Phi) is 3.12. The van der Waals surface area contributed by atoms with Crippen LogP contribution in [0, 0.1) is 0 Å². The van der Waals surface area contributed by atoms with Crippen molar-refractivity contribution in [1.29, 1.82) is 0 Å². The third-order valence-electron chi connectivity index (χ3n) is 3.37. The molecule has 4 aromatic rings. The van der Waals surface area contributed by atoms with E-state index in [0.717, 1.165) is 11.0 Å². The van der Waals surface area contributed by atoms with Crippen LogP contribution in [-0.4, -0.2) is 31.1 Å². The highest BCUT2D eigenvalue weighted by Crippen LogP contribution is 2.14. The van der Waals surface area contributed by atoms with E-state index in [1.165, 1.54) is 0 Å². The van der Waals surface area contributed by atoms with Crippen LogP contribution < -0.4 is 5.32 Å². The number of aromatic nitrogens is 5. The second kappa shape index (κ2) is 5.41. The van der Waals surface area contributed by atoms with Gasteiger partial charge in [0, 0.05) is 5.56 Å². The van der Waals surface area contributed by atoms with Gasteiger partial charge in [0.1, 0.15) is 5.82 Å². The summed E-state index contributed by atoms with van der Waals surface area (Å²) in [5, 5.41) is 9.62. The molecule has 0 saturated carbocycles. The molecule has 8 nitrogen and oxygen atoms in total. The molecule has 1 aromatic carbocycles. The van der Waals surface area contributed by atoms with E-state index in [-0.39, 0.29) is 12.5 Å². The van der Waals surface area contributed by atoms with Crippen LogP contribution in [0.1, 0.15) is 16.2 Å². The number of imidazole rings is 1. The van der Waals surface area contributed by atoms with Gasteiger partial charge >= 0.3 is 0 Å². The monoisotopic (exact) mass is 308 g/mol. The number of carbonyl (C=O) groups excluding carboxylic acids is 1. The van der Waals surface area contributed by atoms with Crippen LogP contribution in [0.5, 0.6) is 0 Å². The van der Waals surface area contributed by atoms with Gasteiger partial charge < -0.3 is 14.7 Å². The van der Waals surface area contributed by atoms with E-state index in [1.54, 1.807) is 42.9 Å². The van der Waals surface area contributed by atoms with Gasteiger partial charge in [0.05, 0.1) is 30.2 Å². The van der Waals surface area contributed by atoms with Gasteiger partial charge in [-0.25, -0.2) is 9.97 Å². The zero-order chi connectivity index (χ0) is 15.6. The fourth-order valence-electron chi connectivity index (χ4n) is 2.23. The summed E-state index contributed by atoms with van der Waals surface area (Å²) >= 11 is 0. The highest BCUT2D eigenvalue weighted by molar-refractivity contribution is 5.97. The predicted molar refractivity (Wildman–Crippen MR) is 81.3 cm³/mol. The Balaban J connectivity index is 1.45. The summed E-state index contributed by atoms with van der Waals surface area (Å²) in [5.74, 6) is 1.38. The van der Waals surface area contributed by atoms with Crippen molar-refractivity contribution in [1.82, 2.24) is 30.5 Å². The Labute approximate surface area is 130 Å². The van der Waals surface area contributed by atoms with Crippen molar-refractivity contribution < 1.29 is 9.21 Å². The van der Waals surface area contributed by atoms with Crippen LogP contribution >= 0.6 is 0 Å². The van der Waals surface area contributed by atoms with Crippen molar-refractivity contribution in [3.05, 3.63) is 54.3 Å². The molecule has 0 bridgehead atoms. The van der Waals surface area contributed by atoms with Gasteiger partial charge in [-0.1, -0.05) is 0 Å². The second-order valence-electron chi connectivity index (χ2n) is 4.90. The van der Waals surface area contributed by atoms with E-state index in [9.17, 15) is 4.79 Å². The molecule has 0 atom stereocenters. The summed E-state index contributed by atoms with van der Waals surface area (Å²) in [6, 6.07) is 8.81. The van der Waals surface area contributed by atoms with E-state index >= 15 is 0 Å². The molecule has 0 fully saturated rings. The first-order valence-electron chi connectivity index (χ1n) is 6.96. The molecule has 0 radical (unpaired) electrons. The minimum Gasteiger partial charge on any atom is -0.461 e. The van der Waals surface area contributed by atoms with Crippen LogP contribution in [0.3, 0.4) is 0 Å². The highest BCUT2D eigenvalue weighted by atomic mass is 16.3. The third kappa shape index (κ3) is 2.57. The summed E-state index contributed by atoms with van der Waals surface area (Å²) in [7, 11) is 0. The van der Waals surface area contributed by atoms with Gasteiger partial charge in [0.2, 0.25) is 5.82 Å². The van der Waals surface area contributed by atoms with Gasteiger partial charge in [-0.2, -0.15) is 0 Å². The normalized spacial score (nSPS) is 11.0. The Hall–Kier alpha value is -3.42. The van der Waals surface area contributed by atoms with E-state index in [4.69, 9.17) is 4.42 Å². The quantitative estimate of drug-likeness (QED) is 0.533. The predicted octanol–water partition coefficient (Wildman–Crippen LogP) is 1.87. The molecule has 0 aliphatic carbocycles. The van der Waals surface area contributed by atoms with Gasteiger partial charge in [-0.05, 0) is 30.3 Å². The lowest BCUT2D eigenvalue weighted by Crippen LogP contribution is -2.23. The molecule has 8 heteroatoms. The fraction of sp³-hybridized carbons (Fsp3) is 0.0667. The van der Waals surface area contributed by atoms with Crippen LogP contribution in [0.25, 0.3) is 22.6 Å². The number of H-pyrrole nitrogens is 2.